The Morgan fingerprint density at radius 2 is 2.32 bits per heavy atom. The van der Waals surface area contributed by atoms with Gasteiger partial charge in [0.25, 0.3) is 0 Å². The van der Waals surface area contributed by atoms with Gasteiger partial charge in [-0.25, -0.2) is 9.98 Å². The van der Waals surface area contributed by atoms with Gasteiger partial charge in [-0.1, -0.05) is 12.1 Å². The highest BCUT2D eigenvalue weighted by molar-refractivity contribution is 14.0. The van der Waals surface area contributed by atoms with E-state index in [4.69, 9.17) is 4.52 Å². The van der Waals surface area contributed by atoms with E-state index >= 15 is 0 Å². The number of rotatable bonds is 4. The number of aliphatic imine (C=N–C) groups is 1. The molecule has 0 aromatic carbocycles. The van der Waals surface area contributed by atoms with E-state index in [9.17, 15) is 0 Å². The van der Waals surface area contributed by atoms with Gasteiger partial charge < -0.3 is 19.3 Å². The third-order valence-electron chi connectivity index (χ3n) is 4.40. The molecular formula is C16H26IN7O. The van der Waals surface area contributed by atoms with Crippen molar-refractivity contribution >= 4 is 29.9 Å². The van der Waals surface area contributed by atoms with Gasteiger partial charge in [-0.2, -0.15) is 4.98 Å². The average molecular weight is 459 g/mol. The molecule has 2 unspecified atom stereocenters. The number of halogens is 1. The van der Waals surface area contributed by atoms with Crippen LogP contribution >= 0.6 is 24.0 Å². The third-order valence-corrected chi connectivity index (χ3v) is 4.40. The smallest absolute Gasteiger partial charge is 0.223 e. The molecule has 1 aliphatic rings. The van der Waals surface area contributed by atoms with Crippen molar-refractivity contribution in [1.29, 1.82) is 0 Å². The lowest BCUT2D eigenvalue weighted by Crippen LogP contribution is -2.49. The number of nitrogens with zero attached hydrogens (tertiary/aromatic N) is 6. The number of guanidine groups is 1. The molecule has 9 heteroatoms. The highest BCUT2D eigenvalue weighted by Crippen LogP contribution is 2.27. The van der Waals surface area contributed by atoms with Crippen LogP contribution < -0.4 is 5.32 Å². The van der Waals surface area contributed by atoms with Gasteiger partial charge in [0.2, 0.25) is 5.89 Å². The van der Waals surface area contributed by atoms with Crippen LogP contribution in [0.1, 0.15) is 38.0 Å². The van der Waals surface area contributed by atoms with Crippen LogP contribution in [0.5, 0.6) is 0 Å². The van der Waals surface area contributed by atoms with Crippen molar-refractivity contribution in [3.63, 3.8) is 0 Å². The van der Waals surface area contributed by atoms with Gasteiger partial charge in [0.05, 0.1) is 12.4 Å². The van der Waals surface area contributed by atoms with Crippen LogP contribution in [0.25, 0.3) is 0 Å². The third kappa shape index (κ3) is 4.93. The summed E-state index contributed by atoms with van der Waals surface area (Å²) in [4.78, 5) is 15.4. The first-order valence-corrected chi connectivity index (χ1v) is 8.47. The van der Waals surface area contributed by atoms with Crippen molar-refractivity contribution in [3.8, 4) is 0 Å². The fraction of sp³-hybridized carbons (Fsp3) is 0.625. The number of hydrogen-bond acceptors (Lipinski definition) is 5. The Morgan fingerprint density at radius 1 is 1.48 bits per heavy atom. The second-order valence-electron chi connectivity index (χ2n) is 6.19. The number of hydrogen-bond donors (Lipinski definition) is 1. The first kappa shape index (κ1) is 19.7. The van der Waals surface area contributed by atoms with E-state index < -0.39 is 0 Å². The van der Waals surface area contributed by atoms with Gasteiger partial charge in [0, 0.05) is 39.0 Å². The second kappa shape index (κ2) is 9.16. The van der Waals surface area contributed by atoms with Crippen LogP contribution in [0.15, 0.2) is 28.2 Å². The lowest BCUT2D eigenvalue weighted by atomic mass is 9.93. The Labute approximate surface area is 165 Å². The zero-order valence-electron chi connectivity index (χ0n) is 14.9. The van der Waals surface area contributed by atoms with Crippen LogP contribution in [-0.2, 0) is 6.54 Å². The quantitative estimate of drug-likeness (QED) is 0.429. The van der Waals surface area contributed by atoms with Crippen LogP contribution in [-0.4, -0.2) is 50.2 Å². The van der Waals surface area contributed by atoms with E-state index in [1.165, 1.54) is 0 Å². The average Bonchev–Trinajstić information content (AvgIpc) is 3.24. The maximum absolute atomic E-state index is 5.01. The van der Waals surface area contributed by atoms with Crippen LogP contribution in [0.4, 0.5) is 0 Å². The SMILES string of the molecule is CCNC(=NCc1noc(C)n1)N1CCC(C)C(n2ccnc2)C1.I. The Morgan fingerprint density at radius 3 is 2.96 bits per heavy atom. The summed E-state index contributed by atoms with van der Waals surface area (Å²) in [5, 5.41) is 7.28. The minimum Gasteiger partial charge on any atom is -0.357 e. The summed E-state index contributed by atoms with van der Waals surface area (Å²) in [6, 6.07) is 0.400. The maximum Gasteiger partial charge on any atom is 0.223 e. The molecular weight excluding hydrogens is 433 g/mol. The Bertz CT molecular complexity index is 670. The van der Waals surface area contributed by atoms with Gasteiger partial charge >= 0.3 is 0 Å². The summed E-state index contributed by atoms with van der Waals surface area (Å²) < 4.78 is 7.21. The maximum atomic E-state index is 5.01. The zero-order valence-corrected chi connectivity index (χ0v) is 17.3. The summed E-state index contributed by atoms with van der Waals surface area (Å²) in [7, 11) is 0. The first-order valence-electron chi connectivity index (χ1n) is 8.47. The Balaban J connectivity index is 0.00000225. The van der Waals surface area contributed by atoms with E-state index in [1.54, 1.807) is 6.92 Å². The van der Waals surface area contributed by atoms with Crippen molar-refractivity contribution in [2.24, 2.45) is 10.9 Å². The lowest BCUT2D eigenvalue weighted by Gasteiger charge is -2.39. The van der Waals surface area contributed by atoms with E-state index in [1.807, 2.05) is 18.7 Å². The standard InChI is InChI=1S/C16H25N7O.HI/c1-4-18-16(19-9-15-20-13(3)24-21-15)22-7-5-12(2)14(10-22)23-8-6-17-11-23;/h6,8,11-12,14H,4-5,7,9-10H2,1-3H3,(H,18,19);1H. The van der Waals surface area contributed by atoms with Crippen molar-refractivity contribution in [2.45, 2.75) is 39.8 Å². The molecule has 0 spiro atoms. The van der Waals surface area contributed by atoms with Crippen LogP contribution in [0.2, 0.25) is 0 Å². The predicted octanol–water partition coefficient (Wildman–Crippen LogP) is 2.24. The summed E-state index contributed by atoms with van der Waals surface area (Å²) in [5.74, 6) is 2.69. The number of aromatic nitrogens is 4. The monoisotopic (exact) mass is 459 g/mol. The fourth-order valence-electron chi connectivity index (χ4n) is 3.07. The molecule has 1 aliphatic heterocycles. The summed E-state index contributed by atoms with van der Waals surface area (Å²) in [5.41, 5.74) is 0. The van der Waals surface area contributed by atoms with Crippen LogP contribution in [0.3, 0.4) is 0 Å². The zero-order chi connectivity index (χ0) is 16.9. The first-order chi connectivity index (χ1) is 11.7. The van der Waals surface area contributed by atoms with Crippen molar-refractivity contribution in [3.05, 3.63) is 30.4 Å². The topological polar surface area (TPSA) is 84.4 Å². The fourth-order valence-corrected chi connectivity index (χ4v) is 3.07. The molecule has 2 aromatic heterocycles. The molecule has 2 aromatic rings. The highest BCUT2D eigenvalue weighted by Gasteiger charge is 2.28. The molecule has 138 valence electrons. The molecule has 1 saturated heterocycles. The second-order valence-corrected chi connectivity index (χ2v) is 6.19. The largest absolute Gasteiger partial charge is 0.357 e. The van der Waals surface area contributed by atoms with Crippen molar-refractivity contribution < 1.29 is 4.52 Å². The molecule has 0 saturated carbocycles. The van der Waals surface area contributed by atoms with Gasteiger partial charge in [0.1, 0.15) is 6.54 Å². The van der Waals surface area contributed by atoms with E-state index in [0.29, 0.717) is 30.2 Å². The predicted molar refractivity (Wildman–Crippen MR) is 106 cm³/mol. The highest BCUT2D eigenvalue weighted by atomic mass is 127. The van der Waals surface area contributed by atoms with E-state index in [0.717, 1.165) is 32.0 Å². The molecule has 0 bridgehead atoms. The van der Waals surface area contributed by atoms with Crippen molar-refractivity contribution in [2.75, 3.05) is 19.6 Å². The molecule has 1 N–H and O–H groups in total. The molecule has 0 amide bonds. The number of nitrogens with one attached hydrogen (secondary N) is 1. The van der Waals surface area contributed by atoms with Gasteiger partial charge in [-0.15, -0.1) is 24.0 Å². The molecule has 1 fully saturated rings. The minimum absolute atomic E-state index is 0. The lowest BCUT2D eigenvalue weighted by molar-refractivity contribution is 0.189. The molecule has 3 heterocycles. The van der Waals surface area contributed by atoms with Gasteiger partial charge in [-0.05, 0) is 19.3 Å². The molecule has 2 atom stereocenters. The van der Waals surface area contributed by atoms with Gasteiger partial charge in [-0.3, -0.25) is 0 Å². The normalized spacial score (nSPS) is 21.1. The van der Waals surface area contributed by atoms with Gasteiger partial charge in [0.15, 0.2) is 11.8 Å². The van der Waals surface area contributed by atoms with E-state index in [-0.39, 0.29) is 24.0 Å². The number of piperidine rings is 1. The minimum atomic E-state index is 0. The molecule has 3 rings (SSSR count). The molecule has 25 heavy (non-hydrogen) atoms. The number of likely N-dealkylation sites (tertiary alicyclic amines) is 1. The Kier molecular flexibility index (Phi) is 7.21. The van der Waals surface area contributed by atoms with Crippen LogP contribution in [0, 0.1) is 12.8 Å². The molecule has 8 nitrogen and oxygen atoms in total. The summed E-state index contributed by atoms with van der Waals surface area (Å²) >= 11 is 0. The molecule has 0 aliphatic carbocycles. The number of aryl methyl sites for hydroxylation is 1. The summed E-state index contributed by atoms with van der Waals surface area (Å²) in [6.45, 7) is 9.31. The molecule has 0 radical (unpaired) electrons. The number of imidazole rings is 1. The summed E-state index contributed by atoms with van der Waals surface area (Å²) in [6.07, 6.45) is 6.89. The Hall–Kier alpha value is -1.65. The van der Waals surface area contributed by atoms with E-state index in [2.05, 4.69) is 48.7 Å². The van der Waals surface area contributed by atoms with Crippen molar-refractivity contribution in [1.82, 2.24) is 29.9 Å².